The third kappa shape index (κ3) is 2.76. The highest BCUT2D eigenvalue weighted by Crippen LogP contribution is 2.48. The topological polar surface area (TPSA) is 37.4 Å². The Morgan fingerprint density at radius 3 is 2.48 bits per heavy atom. The zero-order chi connectivity index (χ0) is 15.3. The second kappa shape index (κ2) is 5.10. The lowest BCUT2D eigenvalue weighted by atomic mass is 9.89. The average Bonchev–Trinajstić information content (AvgIpc) is 2.72. The number of hydrogen-bond acceptors (Lipinski definition) is 2. The maximum atomic E-state index is 13.0. The highest BCUT2D eigenvalue weighted by Gasteiger charge is 2.47. The Labute approximate surface area is 128 Å². The van der Waals surface area contributed by atoms with Crippen LogP contribution in [0.4, 0.5) is 0 Å². The third-order valence-corrected chi connectivity index (χ3v) is 7.01. The number of sulfonamides is 1. The Bertz CT molecular complexity index is 619. The van der Waals surface area contributed by atoms with Crippen molar-refractivity contribution in [1.82, 2.24) is 4.31 Å². The maximum absolute atomic E-state index is 13.0. The van der Waals surface area contributed by atoms with Gasteiger partial charge < -0.3 is 0 Å². The lowest BCUT2D eigenvalue weighted by molar-refractivity contribution is 0.201. The fraction of sp³-hybridized carbons (Fsp3) is 0.647. The van der Waals surface area contributed by atoms with E-state index in [0.29, 0.717) is 17.4 Å². The predicted octanol–water partition coefficient (Wildman–Crippen LogP) is 3.58. The van der Waals surface area contributed by atoms with Crippen molar-refractivity contribution in [2.24, 2.45) is 11.3 Å². The van der Waals surface area contributed by atoms with Crippen LogP contribution in [0.2, 0.25) is 0 Å². The summed E-state index contributed by atoms with van der Waals surface area (Å²) in [5, 5.41) is 0. The Morgan fingerprint density at radius 2 is 1.81 bits per heavy atom. The van der Waals surface area contributed by atoms with Crippen molar-refractivity contribution in [3.05, 3.63) is 29.8 Å². The smallest absolute Gasteiger partial charge is 0.207 e. The number of fused-ring (bicyclic) bond motifs is 1. The van der Waals surface area contributed by atoms with Gasteiger partial charge in [0.05, 0.1) is 4.90 Å². The van der Waals surface area contributed by atoms with Crippen molar-refractivity contribution in [1.29, 1.82) is 0 Å². The lowest BCUT2D eigenvalue weighted by Crippen LogP contribution is -2.46. The minimum Gasteiger partial charge on any atom is -0.207 e. The molecule has 3 rings (SSSR count). The average molecular weight is 307 g/mol. The van der Waals surface area contributed by atoms with Crippen LogP contribution in [0.15, 0.2) is 29.2 Å². The van der Waals surface area contributed by atoms with E-state index < -0.39 is 10.0 Å². The fourth-order valence-electron chi connectivity index (χ4n) is 4.11. The molecule has 0 unspecified atom stereocenters. The Balaban J connectivity index is 1.93. The number of aryl methyl sites for hydroxylation is 1. The summed E-state index contributed by atoms with van der Waals surface area (Å²) in [5.74, 6) is 0.536. The molecular weight excluding hydrogens is 282 g/mol. The van der Waals surface area contributed by atoms with E-state index in [1.807, 2.05) is 19.1 Å². The molecule has 0 amide bonds. The quantitative estimate of drug-likeness (QED) is 0.837. The molecular formula is C17H25NO2S. The summed E-state index contributed by atoms with van der Waals surface area (Å²) in [5.41, 5.74) is 1.35. The molecule has 21 heavy (non-hydrogen) atoms. The summed E-state index contributed by atoms with van der Waals surface area (Å²) in [6.45, 7) is 7.18. The Hall–Kier alpha value is -0.870. The lowest BCUT2D eigenvalue weighted by Gasteiger charge is -2.36. The van der Waals surface area contributed by atoms with Crippen LogP contribution in [-0.2, 0) is 10.0 Å². The molecule has 1 aromatic carbocycles. The van der Waals surface area contributed by atoms with E-state index in [9.17, 15) is 8.42 Å². The van der Waals surface area contributed by atoms with Crippen molar-refractivity contribution >= 4 is 10.0 Å². The standard InChI is InChI=1S/C17H25NO2S/c1-13-6-8-15(9-7-13)21(19,20)18-10-4-5-14-11-17(2,3)12-16(14)18/h6-9,14,16H,4-5,10-12H2,1-3H3/t14-,16-/m0/s1. The van der Waals surface area contributed by atoms with Gasteiger partial charge in [0.25, 0.3) is 0 Å². The van der Waals surface area contributed by atoms with E-state index in [2.05, 4.69) is 13.8 Å². The van der Waals surface area contributed by atoms with E-state index in [-0.39, 0.29) is 11.5 Å². The van der Waals surface area contributed by atoms with Crippen LogP contribution in [-0.4, -0.2) is 25.3 Å². The molecule has 1 aliphatic carbocycles. The molecule has 116 valence electrons. The number of hydrogen-bond donors (Lipinski definition) is 0. The van der Waals surface area contributed by atoms with E-state index in [1.54, 1.807) is 16.4 Å². The van der Waals surface area contributed by atoms with Gasteiger partial charge in [0, 0.05) is 12.6 Å². The van der Waals surface area contributed by atoms with E-state index in [0.717, 1.165) is 24.8 Å². The minimum atomic E-state index is -3.35. The molecule has 1 saturated carbocycles. The van der Waals surface area contributed by atoms with Gasteiger partial charge in [-0.3, -0.25) is 0 Å². The minimum absolute atomic E-state index is 0.194. The normalized spacial score (nSPS) is 29.3. The van der Waals surface area contributed by atoms with Crippen LogP contribution < -0.4 is 0 Å². The molecule has 4 heteroatoms. The number of rotatable bonds is 2. The highest BCUT2D eigenvalue weighted by atomic mass is 32.2. The summed E-state index contributed by atoms with van der Waals surface area (Å²) in [6, 6.07) is 7.45. The van der Waals surface area contributed by atoms with Gasteiger partial charge >= 0.3 is 0 Å². The zero-order valence-electron chi connectivity index (χ0n) is 13.2. The van der Waals surface area contributed by atoms with Crippen LogP contribution in [0.1, 0.15) is 45.1 Å². The van der Waals surface area contributed by atoms with Crippen LogP contribution in [0.25, 0.3) is 0 Å². The predicted molar refractivity (Wildman–Crippen MR) is 84.6 cm³/mol. The van der Waals surface area contributed by atoms with Crippen molar-refractivity contribution in [3.63, 3.8) is 0 Å². The number of benzene rings is 1. The van der Waals surface area contributed by atoms with Gasteiger partial charge in [-0.2, -0.15) is 4.31 Å². The molecule has 0 radical (unpaired) electrons. The summed E-state index contributed by atoms with van der Waals surface area (Å²) < 4.78 is 27.7. The van der Waals surface area contributed by atoms with Gasteiger partial charge in [-0.15, -0.1) is 0 Å². The van der Waals surface area contributed by atoms with Crippen molar-refractivity contribution in [3.8, 4) is 0 Å². The molecule has 1 aliphatic heterocycles. The maximum Gasteiger partial charge on any atom is 0.243 e. The third-order valence-electron chi connectivity index (χ3n) is 5.07. The van der Waals surface area contributed by atoms with Gasteiger partial charge in [0.1, 0.15) is 0 Å². The van der Waals surface area contributed by atoms with Gasteiger partial charge in [-0.05, 0) is 56.1 Å². The Kier molecular flexibility index (Phi) is 3.65. The Morgan fingerprint density at radius 1 is 1.14 bits per heavy atom. The van der Waals surface area contributed by atoms with E-state index in [1.165, 1.54) is 6.42 Å². The first kappa shape index (κ1) is 15.0. The molecule has 1 heterocycles. The molecule has 2 aliphatic rings. The number of nitrogens with zero attached hydrogens (tertiary/aromatic N) is 1. The second-order valence-electron chi connectivity index (χ2n) is 7.47. The first-order valence-electron chi connectivity index (χ1n) is 7.88. The van der Waals surface area contributed by atoms with Gasteiger partial charge in [-0.25, -0.2) is 8.42 Å². The van der Waals surface area contributed by atoms with Gasteiger partial charge in [0.2, 0.25) is 10.0 Å². The fourth-order valence-corrected chi connectivity index (χ4v) is 5.84. The molecule has 1 aromatic rings. The largest absolute Gasteiger partial charge is 0.243 e. The van der Waals surface area contributed by atoms with Crippen LogP contribution in [0.3, 0.4) is 0 Å². The van der Waals surface area contributed by atoms with Crippen molar-refractivity contribution in [2.45, 2.75) is 57.4 Å². The molecule has 2 fully saturated rings. The monoisotopic (exact) mass is 307 g/mol. The van der Waals surface area contributed by atoms with Gasteiger partial charge in [0.15, 0.2) is 0 Å². The molecule has 0 spiro atoms. The van der Waals surface area contributed by atoms with Crippen molar-refractivity contribution in [2.75, 3.05) is 6.54 Å². The summed E-state index contributed by atoms with van der Waals surface area (Å²) >= 11 is 0. The van der Waals surface area contributed by atoms with Crippen LogP contribution in [0.5, 0.6) is 0 Å². The summed E-state index contributed by atoms with van der Waals surface area (Å²) in [7, 11) is -3.35. The zero-order valence-corrected chi connectivity index (χ0v) is 14.0. The van der Waals surface area contributed by atoms with E-state index >= 15 is 0 Å². The SMILES string of the molecule is Cc1ccc(S(=O)(=O)N2CCC[C@H]3CC(C)(C)C[C@@H]32)cc1. The summed E-state index contributed by atoms with van der Waals surface area (Å²) in [6.07, 6.45) is 4.30. The van der Waals surface area contributed by atoms with Gasteiger partial charge in [-0.1, -0.05) is 31.5 Å². The molecule has 0 aromatic heterocycles. The number of piperidine rings is 1. The van der Waals surface area contributed by atoms with Crippen LogP contribution in [0, 0.1) is 18.3 Å². The van der Waals surface area contributed by atoms with Crippen molar-refractivity contribution < 1.29 is 8.42 Å². The molecule has 2 atom stereocenters. The molecule has 0 N–H and O–H groups in total. The summed E-state index contributed by atoms with van der Waals surface area (Å²) in [4.78, 5) is 0.443. The van der Waals surface area contributed by atoms with E-state index in [4.69, 9.17) is 0 Å². The first-order valence-corrected chi connectivity index (χ1v) is 9.32. The molecule has 3 nitrogen and oxygen atoms in total. The van der Waals surface area contributed by atoms with Crippen LogP contribution >= 0.6 is 0 Å². The second-order valence-corrected chi connectivity index (χ2v) is 9.36. The molecule has 1 saturated heterocycles. The highest BCUT2D eigenvalue weighted by molar-refractivity contribution is 7.89. The first-order chi connectivity index (χ1) is 9.79. The molecule has 0 bridgehead atoms.